The van der Waals surface area contributed by atoms with Gasteiger partial charge in [0.1, 0.15) is 35.4 Å². The molecule has 0 aromatic carbocycles. The fourth-order valence-corrected chi connectivity index (χ4v) is 3.89. The molecule has 0 fully saturated rings. The first kappa shape index (κ1) is 62.3. The second-order valence-corrected chi connectivity index (χ2v) is 16.4. The molecule has 60 heavy (non-hydrogen) atoms. The Hall–Kier alpha value is -4.39. The van der Waals surface area contributed by atoms with Crippen LogP contribution in [0.15, 0.2) is 0 Å². The summed E-state index contributed by atoms with van der Waals surface area (Å²) in [5.41, 5.74) is 9.10. The molecule has 0 saturated carbocycles. The second-order valence-electron chi connectivity index (χ2n) is 16.4. The van der Waals surface area contributed by atoms with E-state index in [0.717, 1.165) is 25.8 Å². The molecule has 0 spiro atoms. The summed E-state index contributed by atoms with van der Waals surface area (Å²) < 4.78 is 19.7. The van der Waals surface area contributed by atoms with E-state index < -0.39 is 65.2 Å². The van der Waals surface area contributed by atoms with Crippen molar-refractivity contribution in [1.82, 2.24) is 31.9 Å². The van der Waals surface area contributed by atoms with Gasteiger partial charge in [-0.1, -0.05) is 40.5 Å². The lowest BCUT2D eigenvalue weighted by Crippen LogP contribution is -2.53. The highest BCUT2D eigenvalue weighted by Gasteiger charge is 2.26. The molecule has 0 aliphatic carbocycles. The maximum Gasteiger partial charge on any atom is 0.408 e. The van der Waals surface area contributed by atoms with E-state index >= 15 is 0 Å². The molecule has 19 heteroatoms. The average Bonchev–Trinajstić information content (AvgIpc) is 3.12. The van der Waals surface area contributed by atoms with Crippen molar-refractivity contribution in [1.29, 1.82) is 0 Å². The molecule has 0 aliphatic heterocycles. The molecule has 0 rings (SSSR count). The van der Waals surface area contributed by atoms with Crippen molar-refractivity contribution in [3.05, 3.63) is 0 Å². The molecule has 0 heterocycles. The largest absolute Gasteiger partial charge is 0.467 e. The van der Waals surface area contributed by atoms with Crippen molar-refractivity contribution < 1.29 is 52.5 Å². The highest BCUT2D eigenvalue weighted by atomic mass is 16.6. The lowest BCUT2D eigenvalue weighted by Gasteiger charge is -2.21. The Morgan fingerprint density at radius 2 is 0.967 bits per heavy atom. The Labute approximate surface area is 360 Å². The fraction of sp³-hybridized carbons (Fsp3) is 0.829. The smallest absolute Gasteiger partial charge is 0.408 e. The van der Waals surface area contributed by atoms with Gasteiger partial charge >= 0.3 is 24.2 Å². The topological polar surface area (TPSA) is 281 Å². The van der Waals surface area contributed by atoms with Gasteiger partial charge in [0.05, 0.1) is 13.7 Å². The molecule has 10 N–H and O–H groups in total. The summed E-state index contributed by atoms with van der Waals surface area (Å²) in [5, 5.41) is 15.0. The van der Waals surface area contributed by atoms with Gasteiger partial charge in [-0.05, 0) is 120 Å². The number of amides is 6. The third kappa shape index (κ3) is 46.3. The number of hydrogen-bond acceptors (Lipinski definition) is 13. The lowest BCUT2D eigenvalue weighted by atomic mass is 10.1. The summed E-state index contributed by atoms with van der Waals surface area (Å²) in [6.07, 6.45) is 5.93. The quantitative estimate of drug-likeness (QED) is 0.0483. The van der Waals surface area contributed by atoms with Crippen molar-refractivity contribution >= 4 is 42.0 Å². The van der Waals surface area contributed by atoms with Gasteiger partial charge in [-0.2, -0.15) is 0 Å². The zero-order valence-corrected chi connectivity index (χ0v) is 39.4. The van der Waals surface area contributed by atoms with E-state index in [1.165, 1.54) is 20.0 Å². The summed E-state index contributed by atoms with van der Waals surface area (Å²) in [7, 11) is 1.23. The van der Waals surface area contributed by atoms with Crippen LogP contribution in [-0.2, 0) is 38.1 Å². The number of methoxy groups -OCH3 is 1. The van der Waals surface area contributed by atoms with Crippen LogP contribution in [0.25, 0.3) is 0 Å². The van der Waals surface area contributed by atoms with Crippen molar-refractivity contribution in [2.45, 2.75) is 177 Å². The Morgan fingerprint density at radius 3 is 1.35 bits per heavy atom. The molecular formula is C41H84N8O11. The van der Waals surface area contributed by atoms with Crippen molar-refractivity contribution in [2.75, 3.05) is 46.4 Å². The predicted octanol–water partition coefficient (Wildman–Crippen LogP) is 4.29. The normalized spacial score (nSPS) is 11.7. The van der Waals surface area contributed by atoms with Crippen LogP contribution in [0.2, 0.25) is 0 Å². The van der Waals surface area contributed by atoms with E-state index in [2.05, 4.69) is 45.7 Å². The van der Waals surface area contributed by atoms with Crippen LogP contribution in [0.4, 0.5) is 14.4 Å². The first-order valence-corrected chi connectivity index (χ1v) is 21.0. The molecule has 0 radical (unpaired) electrons. The molecule has 0 bridgehead atoms. The first-order valence-electron chi connectivity index (χ1n) is 21.0. The van der Waals surface area contributed by atoms with Crippen LogP contribution >= 0.6 is 0 Å². The lowest BCUT2D eigenvalue weighted by molar-refractivity contribution is -0.145. The average molecular weight is 865 g/mol. The summed E-state index contributed by atoms with van der Waals surface area (Å²) in [6, 6.07) is -1.75. The summed E-state index contributed by atoms with van der Waals surface area (Å²) >= 11 is 0. The standard InChI is InChI=1S/C20H37N5O7.C9H19NO2.C8H17NO2.C4H11N/c1-6-13(17(28)25-14(18(29)31-5)9-7-8-10-21)24-16(27)12-22-15(26)11-23-19(30)32-20(2,3)4;1-5-6-7-10-8(11)12-9(2,3)4;1-5-6-9-7(10)11-8(2,3)4;1-2-3-4-5/h13-14H,6-12,21H2,1-5H3,(H,22,26)(H,23,30)(H,24,27)(H,25,28);5-7H2,1-4H3,(H,10,11);5-6H2,1-4H3,(H,9,10);2-5H2,1H3/t13?,14-;;;/m0.../s1. The number of carbonyl (C=O) groups excluding carboxylic acids is 7. The first-order chi connectivity index (χ1) is 27.8. The minimum atomic E-state index is -0.902. The number of nitrogens with two attached hydrogens (primary N) is 2. The van der Waals surface area contributed by atoms with Gasteiger partial charge in [-0.3, -0.25) is 14.4 Å². The third-order valence-corrected chi connectivity index (χ3v) is 6.72. The van der Waals surface area contributed by atoms with Crippen molar-refractivity contribution in [3.8, 4) is 0 Å². The highest BCUT2D eigenvalue weighted by Crippen LogP contribution is 2.08. The molecule has 6 amide bonds. The van der Waals surface area contributed by atoms with Crippen LogP contribution in [-0.4, -0.2) is 117 Å². The zero-order chi connectivity index (χ0) is 47.4. The molecule has 0 saturated heterocycles. The Balaban J connectivity index is -0.000000452. The van der Waals surface area contributed by atoms with Gasteiger partial charge in [-0.25, -0.2) is 19.2 Å². The molecule has 19 nitrogen and oxygen atoms in total. The van der Waals surface area contributed by atoms with Crippen LogP contribution in [0.5, 0.6) is 0 Å². The van der Waals surface area contributed by atoms with Crippen LogP contribution in [0.3, 0.4) is 0 Å². The van der Waals surface area contributed by atoms with Crippen molar-refractivity contribution in [2.24, 2.45) is 11.5 Å². The molecular weight excluding hydrogens is 780 g/mol. The SMILES string of the molecule is CCC(NC(=O)CNC(=O)CNC(=O)OC(C)(C)C)C(=O)N[C@@H](CCCCN)C(=O)OC.CCCCN.CCCCNC(=O)OC(C)(C)C.CCCNC(=O)OC(C)(C)C. The van der Waals surface area contributed by atoms with Crippen LogP contribution < -0.4 is 43.4 Å². The van der Waals surface area contributed by atoms with Gasteiger partial charge in [0.15, 0.2) is 0 Å². The van der Waals surface area contributed by atoms with Gasteiger partial charge in [-0.15, -0.1) is 0 Å². The summed E-state index contributed by atoms with van der Waals surface area (Å²) in [6.45, 7) is 26.0. The van der Waals surface area contributed by atoms with Gasteiger partial charge in [0.25, 0.3) is 0 Å². The Bertz CT molecular complexity index is 1200. The number of ether oxygens (including phenoxy) is 4. The van der Waals surface area contributed by atoms with E-state index in [0.29, 0.717) is 38.9 Å². The molecule has 0 aliphatic rings. The van der Waals surface area contributed by atoms with Gasteiger partial charge in [0.2, 0.25) is 17.7 Å². The number of alkyl carbamates (subject to hydrolysis) is 3. The summed E-state index contributed by atoms with van der Waals surface area (Å²) in [5.74, 6) is -2.33. The minimum absolute atomic E-state index is 0.266. The van der Waals surface area contributed by atoms with E-state index in [4.69, 9.17) is 30.4 Å². The minimum Gasteiger partial charge on any atom is -0.467 e. The molecule has 2 atom stereocenters. The van der Waals surface area contributed by atoms with Gasteiger partial charge in [0, 0.05) is 13.1 Å². The zero-order valence-electron chi connectivity index (χ0n) is 39.4. The predicted molar refractivity (Wildman–Crippen MR) is 234 cm³/mol. The number of esters is 1. The number of rotatable bonds is 20. The monoisotopic (exact) mass is 865 g/mol. The maximum absolute atomic E-state index is 12.5. The third-order valence-electron chi connectivity index (χ3n) is 6.72. The van der Waals surface area contributed by atoms with Crippen LogP contribution in [0.1, 0.15) is 148 Å². The van der Waals surface area contributed by atoms with E-state index in [1.807, 2.05) is 48.5 Å². The Morgan fingerprint density at radius 1 is 0.517 bits per heavy atom. The molecule has 0 aromatic heterocycles. The second kappa shape index (κ2) is 36.5. The Kier molecular flexibility index (Phi) is 37.8. The highest BCUT2D eigenvalue weighted by molar-refractivity contribution is 5.92. The van der Waals surface area contributed by atoms with E-state index in [1.54, 1.807) is 27.7 Å². The van der Waals surface area contributed by atoms with Crippen LogP contribution in [0, 0.1) is 0 Å². The summed E-state index contributed by atoms with van der Waals surface area (Å²) in [4.78, 5) is 81.7. The van der Waals surface area contributed by atoms with Gasteiger partial charge < -0.3 is 62.3 Å². The number of carbonyl (C=O) groups is 7. The number of unbranched alkanes of at least 4 members (excludes halogenated alkanes) is 3. The molecule has 1 unspecified atom stereocenters. The molecule has 354 valence electrons. The van der Waals surface area contributed by atoms with Crippen molar-refractivity contribution in [3.63, 3.8) is 0 Å². The van der Waals surface area contributed by atoms with E-state index in [-0.39, 0.29) is 25.2 Å². The molecule has 0 aromatic rings. The number of nitrogens with one attached hydrogen (secondary N) is 6. The maximum atomic E-state index is 12.5. The number of hydrogen-bond donors (Lipinski definition) is 8. The van der Waals surface area contributed by atoms with E-state index in [9.17, 15) is 33.6 Å². The fourth-order valence-electron chi connectivity index (χ4n) is 3.89.